The van der Waals surface area contributed by atoms with Crippen LogP contribution in [0.15, 0.2) is 44.4 Å². The quantitative estimate of drug-likeness (QED) is 0.155. The molecule has 2 aliphatic carbocycles. The summed E-state index contributed by atoms with van der Waals surface area (Å²) in [5.41, 5.74) is 1.28. The summed E-state index contributed by atoms with van der Waals surface area (Å²) in [4.78, 5) is 41.7. The number of nitriles is 2. The molecular weight excluding hydrogens is 643 g/mol. The Morgan fingerprint density at radius 1 is 0.864 bits per heavy atom. The molecule has 0 saturated heterocycles. The van der Waals surface area contributed by atoms with Crippen LogP contribution in [-0.2, 0) is 10.8 Å². The molecule has 1 unspecified atom stereocenters. The van der Waals surface area contributed by atoms with Crippen molar-refractivity contribution in [2.24, 2.45) is 0 Å². The molecule has 4 heterocycles. The molecule has 11 nitrogen and oxygen atoms in total. The van der Waals surface area contributed by atoms with Crippen molar-refractivity contribution in [2.45, 2.75) is 73.8 Å². The van der Waals surface area contributed by atoms with Crippen molar-refractivity contribution in [1.29, 1.82) is 10.5 Å². The minimum Gasteiger partial charge on any atom is -0.289 e. The van der Waals surface area contributed by atoms with Crippen LogP contribution >= 0.6 is 35.0 Å². The standard InChI is InChI=1S/C14H14N4O2S.C14H14N4OS.CH2Cl2/c1-21(20)14-16-8-11-9(7-15)6-12(19)18(13(11)17-14)10-4-2-3-5-10;1-20-14-16-8-11-9(7-15)6-12(19)18(13(11)17-14)10-4-2-3-5-10;2-1-3/h6,8,10H,2-5H2,1H3;6,8,10H,2-5H2,1H3;1H2. The van der Waals surface area contributed by atoms with E-state index in [0.717, 1.165) is 51.4 Å². The Hall–Kier alpha value is -3.36. The van der Waals surface area contributed by atoms with Crippen molar-refractivity contribution >= 4 is 67.8 Å². The van der Waals surface area contributed by atoms with Gasteiger partial charge < -0.3 is 0 Å². The Morgan fingerprint density at radius 3 is 1.70 bits per heavy atom. The van der Waals surface area contributed by atoms with Crippen molar-refractivity contribution in [3.8, 4) is 12.1 Å². The van der Waals surface area contributed by atoms with Crippen molar-refractivity contribution < 1.29 is 4.21 Å². The van der Waals surface area contributed by atoms with E-state index in [1.165, 1.54) is 36.3 Å². The smallest absolute Gasteiger partial charge is 0.253 e. The molecule has 0 amide bonds. The molecule has 4 aromatic rings. The van der Waals surface area contributed by atoms with Gasteiger partial charge in [0.25, 0.3) is 11.1 Å². The van der Waals surface area contributed by atoms with Gasteiger partial charge in [-0.15, -0.1) is 23.2 Å². The summed E-state index contributed by atoms with van der Waals surface area (Å²) in [6.45, 7) is 0. The first kappa shape index (κ1) is 33.5. The van der Waals surface area contributed by atoms with Gasteiger partial charge in [0.15, 0.2) is 5.16 Å². The van der Waals surface area contributed by atoms with Gasteiger partial charge in [0.1, 0.15) is 23.4 Å². The molecule has 0 bridgehead atoms. The molecule has 0 aliphatic heterocycles. The van der Waals surface area contributed by atoms with Crippen molar-refractivity contribution in [1.82, 2.24) is 29.1 Å². The molecule has 4 aromatic heterocycles. The van der Waals surface area contributed by atoms with Gasteiger partial charge in [0.2, 0.25) is 5.16 Å². The first-order valence-electron chi connectivity index (χ1n) is 13.9. The number of rotatable bonds is 4. The molecule has 15 heteroatoms. The number of hydrogen-bond donors (Lipinski definition) is 0. The largest absolute Gasteiger partial charge is 0.289 e. The molecule has 2 aliphatic rings. The number of aromatic nitrogens is 6. The number of halogens is 2. The van der Waals surface area contributed by atoms with Crippen LogP contribution in [-0.4, -0.2) is 51.1 Å². The average Bonchev–Trinajstić information content (AvgIpc) is 3.76. The number of hydrogen-bond acceptors (Lipinski definition) is 10. The van der Waals surface area contributed by atoms with Crippen LogP contribution < -0.4 is 11.1 Å². The van der Waals surface area contributed by atoms with Gasteiger partial charge >= 0.3 is 0 Å². The fourth-order valence-electron chi connectivity index (χ4n) is 5.66. The summed E-state index contributed by atoms with van der Waals surface area (Å²) in [5.74, 6) is 0. The van der Waals surface area contributed by atoms with Crippen LogP contribution in [0, 0.1) is 22.7 Å². The number of fused-ring (bicyclic) bond motifs is 2. The lowest BCUT2D eigenvalue weighted by Gasteiger charge is -2.16. The summed E-state index contributed by atoms with van der Waals surface area (Å²) in [6, 6.07) is 7.11. The minimum absolute atomic E-state index is 0.0979. The molecule has 2 fully saturated rings. The second-order valence-corrected chi connectivity index (χ2v) is 13.0. The minimum atomic E-state index is -1.33. The van der Waals surface area contributed by atoms with Crippen molar-refractivity contribution in [3.63, 3.8) is 0 Å². The highest BCUT2D eigenvalue weighted by Gasteiger charge is 2.23. The summed E-state index contributed by atoms with van der Waals surface area (Å²) < 4.78 is 15.0. The van der Waals surface area contributed by atoms with Gasteiger partial charge in [0, 0.05) is 42.9 Å². The van der Waals surface area contributed by atoms with Gasteiger partial charge in [-0.25, -0.2) is 19.9 Å². The van der Waals surface area contributed by atoms with E-state index in [1.807, 2.05) is 12.3 Å². The van der Waals surface area contributed by atoms with Crippen LogP contribution in [0.2, 0.25) is 0 Å². The highest BCUT2D eigenvalue weighted by atomic mass is 35.5. The molecule has 44 heavy (non-hydrogen) atoms. The average molecular weight is 674 g/mol. The normalized spacial score (nSPS) is 15.6. The van der Waals surface area contributed by atoms with Crippen molar-refractivity contribution in [3.05, 3.63) is 56.4 Å². The van der Waals surface area contributed by atoms with E-state index in [9.17, 15) is 24.3 Å². The number of thioether (sulfide) groups is 1. The Labute approximate surface area is 270 Å². The van der Waals surface area contributed by atoms with Crippen LogP contribution in [0.3, 0.4) is 0 Å². The van der Waals surface area contributed by atoms with Crippen LogP contribution in [0.1, 0.15) is 74.6 Å². The Morgan fingerprint density at radius 2 is 1.30 bits per heavy atom. The van der Waals surface area contributed by atoms with Crippen LogP contribution in [0.25, 0.3) is 22.1 Å². The monoisotopic (exact) mass is 672 g/mol. The van der Waals surface area contributed by atoms with E-state index in [2.05, 4.69) is 26.0 Å². The molecule has 0 spiro atoms. The zero-order valence-corrected chi connectivity index (χ0v) is 27.3. The van der Waals surface area contributed by atoms with Crippen molar-refractivity contribution in [2.75, 3.05) is 17.9 Å². The van der Waals surface area contributed by atoms with Gasteiger partial charge in [0.05, 0.1) is 38.0 Å². The van der Waals surface area contributed by atoms with Crippen LogP contribution in [0.5, 0.6) is 0 Å². The fourth-order valence-corrected chi connectivity index (χ4v) is 6.42. The Balaban J connectivity index is 0.000000185. The van der Waals surface area contributed by atoms with Gasteiger partial charge in [-0.1, -0.05) is 37.4 Å². The number of pyridine rings is 2. The predicted octanol–water partition coefficient (Wildman–Crippen LogP) is 5.44. The van der Waals surface area contributed by atoms with Gasteiger partial charge in [-0.2, -0.15) is 10.5 Å². The summed E-state index contributed by atoms with van der Waals surface area (Å²) in [7, 11) is -1.33. The first-order valence-corrected chi connectivity index (χ1v) is 17.8. The molecule has 6 rings (SSSR count). The molecule has 2 saturated carbocycles. The van der Waals surface area contributed by atoms with E-state index >= 15 is 0 Å². The molecule has 230 valence electrons. The molecule has 0 radical (unpaired) electrons. The molecular formula is C29H30Cl2N8O3S2. The summed E-state index contributed by atoms with van der Waals surface area (Å²) in [5, 5.41) is 20.6. The third-order valence-electron chi connectivity index (χ3n) is 7.60. The predicted molar refractivity (Wildman–Crippen MR) is 173 cm³/mol. The second kappa shape index (κ2) is 15.6. The Bertz CT molecular complexity index is 1890. The maximum Gasteiger partial charge on any atom is 0.253 e. The summed E-state index contributed by atoms with van der Waals surface area (Å²) in [6.07, 6.45) is 14.8. The topological polar surface area (TPSA) is 160 Å². The second-order valence-electron chi connectivity index (χ2n) is 10.2. The highest BCUT2D eigenvalue weighted by Crippen LogP contribution is 2.32. The molecule has 0 N–H and O–H groups in total. The van der Waals surface area contributed by atoms with Crippen LogP contribution in [0.4, 0.5) is 0 Å². The van der Waals surface area contributed by atoms with Gasteiger partial charge in [-0.05, 0) is 31.9 Å². The van der Waals surface area contributed by atoms with E-state index < -0.39 is 10.8 Å². The van der Waals surface area contributed by atoms with Gasteiger partial charge in [-0.3, -0.25) is 22.9 Å². The first-order chi connectivity index (χ1) is 21.3. The van der Waals surface area contributed by atoms with E-state index in [1.54, 1.807) is 15.3 Å². The van der Waals surface area contributed by atoms with E-state index in [4.69, 9.17) is 23.2 Å². The Kier molecular flexibility index (Phi) is 11.9. The summed E-state index contributed by atoms with van der Waals surface area (Å²) >= 11 is 11.0. The fraction of sp³-hybridized carbons (Fsp3) is 0.448. The van der Waals surface area contributed by atoms with E-state index in [-0.39, 0.29) is 39.3 Å². The zero-order valence-electron chi connectivity index (χ0n) is 24.2. The maximum atomic E-state index is 12.4. The molecule has 1 atom stereocenters. The highest BCUT2D eigenvalue weighted by molar-refractivity contribution is 7.98. The third kappa shape index (κ3) is 7.29. The van der Waals surface area contributed by atoms with E-state index in [0.29, 0.717) is 32.8 Å². The lowest BCUT2D eigenvalue weighted by molar-refractivity contribution is 0.514. The maximum absolute atomic E-state index is 12.4. The number of nitrogens with zero attached hydrogens (tertiary/aromatic N) is 8. The third-order valence-corrected chi connectivity index (χ3v) is 8.87. The SMILES string of the molecule is CS(=O)c1ncc2c(C#N)cc(=O)n(C3CCCC3)c2n1.CSc1ncc2c(C#N)cc(=O)n(C3CCCC3)c2n1.ClCCl. The lowest BCUT2D eigenvalue weighted by atomic mass is 10.1. The zero-order chi connectivity index (χ0) is 31.8. The molecule has 0 aromatic carbocycles. The number of alkyl halides is 2. The lowest BCUT2D eigenvalue weighted by Crippen LogP contribution is -2.25.